The summed E-state index contributed by atoms with van der Waals surface area (Å²) in [5.74, 6) is 0. The van der Waals surface area contributed by atoms with Crippen molar-refractivity contribution in [3.63, 3.8) is 0 Å². The number of aryl methyl sites for hydroxylation is 1. The Balaban J connectivity index is 1.68. The van der Waals surface area contributed by atoms with E-state index in [1.54, 1.807) is 0 Å². The zero-order valence-corrected chi connectivity index (χ0v) is 16.4. The second-order valence-corrected chi connectivity index (χ2v) is 8.64. The van der Waals surface area contributed by atoms with E-state index in [0.29, 0.717) is 26.2 Å². The summed E-state index contributed by atoms with van der Waals surface area (Å²) in [6, 6.07) is 10.2. The van der Waals surface area contributed by atoms with Gasteiger partial charge >= 0.3 is 5.69 Å². The van der Waals surface area contributed by atoms with Crippen molar-refractivity contribution in [2.45, 2.75) is 11.3 Å². The van der Waals surface area contributed by atoms with Crippen LogP contribution in [0.4, 0.5) is 0 Å². The molecule has 8 nitrogen and oxygen atoms in total. The van der Waals surface area contributed by atoms with Crippen LogP contribution in [-0.2, 0) is 30.5 Å². The first-order valence-corrected chi connectivity index (χ1v) is 10.3. The van der Waals surface area contributed by atoms with Crippen LogP contribution in [0, 0.1) is 0 Å². The lowest BCUT2D eigenvalue weighted by Gasteiger charge is -2.33. The lowest BCUT2D eigenvalue weighted by Crippen LogP contribution is -2.50. The van der Waals surface area contributed by atoms with Gasteiger partial charge in [-0.3, -0.25) is 9.36 Å². The molecule has 1 aliphatic heterocycles. The largest absolute Gasteiger partial charge is 0.330 e. The number of aromatic nitrogens is 2. The molecule has 9 heteroatoms. The van der Waals surface area contributed by atoms with Gasteiger partial charge in [-0.1, -0.05) is 30.3 Å². The Labute approximate surface area is 158 Å². The Morgan fingerprint density at radius 3 is 2.22 bits per heavy atom. The molecule has 1 saturated heterocycles. The standard InChI is InChI=1S/C18H24N4O4S/c1-19-14-16(17(23)20(2)18(19)24)27(25,26)22-12-10-21(11-13-22)9-8-15-6-4-3-5-7-15/h3-7,14H,8-13H2,1-2H3. The molecule has 1 fully saturated rings. The Hall–Kier alpha value is -2.23. The molecule has 1 aliphatic rings. The van der Waals surface area contributed by atoms with Crippen molar-refractivity contribution >= 4 is 10.0 Å². The number of hydrogen-bond donors (Lipinski definition) is 0. The molecular weight excluding hydrogens is 368 g/mol. The molecule has 0 radical (unpaired) electrons. The smallest absolute Gasteiger partial charge is 0.302 e. The average Bonchev–Trinajstić information content (AvgIpc) is 2.68. The van der Waals surface area contributed by atoms with Crippen molar-refractivity contribution in [2.24, 2.45) is 14.1 Å². The zero-order valence-electron chi connectivity index (χ0n) is 15.5. The van der Waals surface area contributed by atoms with Crippen molar-refractivity contribution in [3.05, 3.63) is 62.9 Å². The molecule has 0 amide bonds. The molecule has 2 aromatic rings. The van der Waals surface area contributed by atoms with Crippen LogP contribution in [0.25, 0.3) is 0 Å². The number of rotatable bonds is 5. The van der Waals surface area contributed by atoms with Crippen LogP contribution in [0.2, 0.25) is 0 Å². The minimum Gasteiger partial charge on any atom is -0.302 e. The fourth-order valence-electron chi connectivity index (χ4n) is 3.22. The molecule has 0 spiro atoms. The number of nitrogens with zero attached hydrogens (tertiary/aromatic N) is 4. The Bertz CT molecular complexity index is 1020. The first-order chi connectivity index (χ1) is 12.8. The van der Waals surface area contributed by atoms with Gasteiger partial charge in [0.2, 0.25) is 10.0 Å². The molecule has 0 bridgehead atoms. The van der Waals surface area contributed by atoms with Gasteiger partial charge in [0.25, 0.3) is 5.56 Å². The first kappa shape index (κ1) is 19.5. The molecule has 1 aromatic heterocycles. The highest BCUT2D eigenvalue weighted by atomic mass is 32.2. The summed E-state index contributed by atoms with van der Waals surface area (Å²) in [5, 5.41) is 0. The van der Waals surface area contributed by atoms with Crippen molar-refractivity contribution in [1.82, 2.24) is 18.3 Å². The van der Waals surface area contributed by atoms with E-state index in [4.69, 9.17) is 0 Å². The highest BCUT2D eigenvalue weighted by Gasteiger charge is 2.31. The predicted octanol–water partition coefficient (Wildman–Crippen LogP) is -0.367. The van der Waals surface area contributed by atoms with E-state index < -0.39 is 21.3 Å². The maximum atomic E-state index is 12.9. The summed E-state index contributed by atoms with van der Waals surface area (Å²) in [6.45, 7) is 2.72. The summed E-state index contributed by atoms with van der Waals surface area (Å²) in [5.41, 5.74) is -0.0875. The highest BCUT2D eigenvalue weighted by Crippen LogP contribution is 2.14. The van der Waals surface area contributed by atoms with Gasteiger partial charge in [-0.2, -0.15) is 4.31 Å². The lowest BCUT2D eigenvalue weighted by atomic mass is 10.1. The minimum atomic E-state index is -3.93. The molecule has 146 valence electrons. The van der Waals surface area contributed by atoms with E-state index in [1.165, 1.54) is 24.0 Å². The molecule has 0 saturated carbocycles. The summed E-state index contributed by atoms with van der Waals surface area (Å²) in [6.07, 6.45) is 2.02. The molecule has 27 heavy (non-hydrogen) atoms. The van der Waals surface area contributed by atoms with E-state index in [0.717, 1.165) is 28.3 Å². The Morgan fingerprint density at radius 1 is 0.963 bits per heavy atom. The lowest BCUT2D eigenvalue weighted by molar-refractivity contribution is 0.190. The Kier molecular flexibility index (Phi) is 5.64. The summed E-state index contributed by atoms with van der Waals surface area (Å²) in [7, 11) is -1.22. The average molecular weight is 392 g/mol. The Morgan fingerprint density at radius 2 is 1.59 bits per heavy atom. The second kappa shape index (κ2) is 7.79. The molecule has 2 heterocycles. The van der Waals surface area contributed by atoms with Crippen molar-refractivity contribution in [2.75, 3.05) is 32.7 Å². The van der Waals surface area contributed by atoms with Crippen LogP contribution in [0.5, 0.6) is 0 Å². The minimum absolute atomic E-state index is 0.323. The van der Waals surface area contributed by atoms with Crippen molar-refractivity contribution in [3.8, 4) is 0 Å². The van der Waals surface area contributed by atoms with Gasteiger partial charge in [0, 0.05) is 53.0 Å². The van der Waals surface area contributed by atoms with Gasteiger partial charge in [0.1, 0.15) is 0 Å². The van der Waals surface area contributed by atoms with Gasteiger partial charge in [-0.25, -0.2) is 13.2 Å². The molecular formula is C18H24N4O4S. The molecule has 0 unspecified atom stereocenters. The quantitative estimate of drug-likeness (QED) is 0.693. The number of sulfonamides is 1. The third kappa shape index (κ3) is 4.05. The molecule has 0 aliphatic carbocycles. The first-order valence-electron chi connectivity index (χ1n) is 8.84. The van der Waals surface area contributed by atoms with Crippen LogP contribution in [0.3, 0.4) is 0 Å². The van der Waals surface area contributed by atoms with Gasteiger partial charge in [0.15, 0.2) is 4.90 Å². The number of hydrogen-bond acceptors (Lipinski definition) is 5. The third-order valence-corrected chi connectivity index (χ3v) is 6.80. The van der Waals surface area contributed by atoms with Gasteiger partial charge < -0.3 is 9.47 Å². The van der Waals surface area contributed by atoms with Crippen LogP contribution in [0.15, 0.2) is 51.0 Å². The van der Waals surface area contributed by atoms with E-state index in [1.807, 2.05) is 18.2 Å². The van der Waals surface area contributed by atoms with E-state index in [-0.39, 0.29) is 4.90 Å². The topological polar surface area (TPSA) is 84.6 Å². The summed E-state index contributed by atoms with van der Waals surface area (Å²) >= 11 is 0. The van der Waals surface area contributed by atoms with Crippen molar-refractivity contribution in [1.29, 1.82) is 0 Å². The van der Waals surface area contributed by atoms with Gasteiger partial charge in [-0.15, -0.1) is 0 Å². The fourth-order valence-corrected chi connectivity index (χ4v) is 4.79. The maximum absolute atomic E-state index is 12.9. The summed E-state index contributed by atoms with van der Waals surface area (Å²) in [4.78, 5) is 25.9. The third-order valence-electron chi connectivity index (χ3n) is 4.92. The molecule has 1 aromatic carbocycles. The maximum Gasteiger partial charge on any atom is 0.330 e. The van der Waals surface area contributed by atoms with Crippen LogP contribution in [-0.4, -0.2) is 59.5 Å². The van der Waals surface area contributed by atoms with Gasteiger partial charge in [0.05, 0.1) is 0 Å². The second-order valence-electron chi connectivity index (χ2n) is 6.73. The monoisotopic (exact) mass is 392 g/mol. The van der Waals surface area contributed by atoms with E-state index >= 15 is 0 Å². The highest BCUT2D eigenvalue weighted by molar-refractivity contribution is 7.89. The number of benzene rings is 1. The van der Waals surface area contributed by atoms with Crippen LogP contribution >= 0.6 is 0 Å². The molecule has 3 rings (SSSR count). The van der Waals surface area contributed by atoms with E-state index in [2.05, 4.69) is 17.0 Å². The molecule has 0 N–H and O–H groups in total. The molecule has 0 atom stereocenters. The van der Waals surface area contributed by atoms with Gasteiger partial charge in [-0.05, 0) is 12.0 Å². The predicted molar refractivity (Wildman–Crippen MR) is 102 cm³/mol. The normalized spacial score (nSPS) is 16.5. The fraction of sp³-hybridized carbons (Fsp3) is 0.444. The van der Waals surface area contributed by atoms with Crippen molar-refractivity contribution < 1.29 is 8.42 Å². The SMILES string of the molecule is Cn1cc(S(=O)(=O)N2CCN(CCc3ccccc3)CC2)c(=O)n(C)c1=O. The summed E-state index contributed by atoms with van der Waals surface area (Å²) < 4.78 is 29.0. The zero-order chi connectivity index (χ0) is 19.6. The number of piperazine rings is 1. The van der Waals surface area contributed by atoms with Crippen LogP contribution < -0.4 is 11.2 Å². The van der Waals surface area contributed by atoms with E-state index in [9.17, 15) is 18.0 Å². The van der Waals surface area contributed by atoms with Crippen LogP contribution in [0.1, 0.15) is 5.56 Å².